The number of anilines is 2. The van der Waals surface area contributed by atoms with Crippen LogP contribution >= 0.6 is 0 Å². The Hall–Kier alpha value is -3.12. The molecule has 3 aromatic rings. The van der Waals surface area contributed by atoms with E-state index >= 15 is 0 Å². The molecule has 0 aromatic heterocycles. The number of unbranched alkanes of at least 4 members (excludes halogenated alkanes) is 1. The Morgan fingerprint density at radius 1 is 0.906 bits per heavy atom. The average molecular weight is 451 g/mol. The zero-order valence-electron chi connectivity index (χ0n) is 19.0. The molecule has 0 saturated carbocycles. The summed E-state index contributed by atoms with van der Waals surface area (Å²) in [6.45, 7) is 7.67. The molecule has 0 heterocycles. The summed E-state index contributed by atoms with van der Waals surface area (Å²) in [5.74, 6) is -0.352. The van der Waals surface area contributed by atoms with Gasteiger partial charge in [0, 0.05) is 11.3 Å². The zero-order chi connectivity index (χ0) is 23.3. The molecular formula is C26H30N2O3S. The van der Waals surface area contributed by atoms with Gasteiger partial charge in [-0.25, -0.2) is 8.42 Å². The van der Waals surface area contributed by atoms with Crippen molar-refractivity contribution in [3.63, 3.8) is 0 Å². The SMILES string of the molecule is CCCCc1ccc(NC(=O)c2ccc(C)c(S(=O)(=O)Nc3cccc(C)c3C)c2)cc1. The van der Waals surface area contributed by atoms with Gasteiger partial charge in [-0.05, 0) is 86.2 Å². The van der Waals surface area contributed by atoms with Crippen LogP contribution in [0.25, 0.3) is 0 Å². The van der Waals surface area contributed by atoms with Crippen LogP contribution in [0.3, 0.4) is 0 Å². The molecule has 6 heteroatoms. The first-order chi connectivity index (χ1) is 15.2. The fourth-order valence-corrected chi connectivity index (χ4v) is 4.83. The molecule has 0 aliphatic heterocycles. The van der Waals surface area contributed by atoms with E-state index in [1.807, 2.05) is 50.2 Å². The molecule has 0 spiro atoms. The molecule has 0 fully saturated rings. The molecular weight excluding hydrogens is 420 g/mol. The minimum absolute atomic E-state index is 0.0842. The summed E-state index contributed by atoms with van der Waals surface area (Å²) >= 11 is 0. The number of sulfonamides is 1. The van der Waals surface area contributed by atoms with Gasteiger partial charge in [0.1, 0.15) is 0 Å². The lowest BCUT2D eigenvalue weighted by atomic mass is 10.1. The molecule has 0 bridgehead atoms. The number of aryl methyl sites for hydroxylation is 3. The van der Waals surface area contributed by atoms with Crippen molar-refractivity contribution in [2.24, 2.45) is 0 Å². The van der Waals surface area contributed by atoms with Crippen LogP contribution < -0.4 is 10.0 Å². The third kappa shape index (κ3) is 5.56. The molecule has 0 aliphatic carbocycles. The highest BCUT2D eigenvalue weighted by atomic mass is 32.2. The van der Waals surface area contributed by atoms with E-state index in [2.05, 4.69) is 17.0 Å². The standard InChI is InChI=1S/C26H30N2O3S/c1-5-6-9-21-12-15-23(16-13-21)27-26(29)22-14-11-19(3)25(17-22)32(30,31)28-24-10-7-8-18(2)20(24)4/h7-8,10-17,28H,5-6,9H2,1-4H3,(H,27,29). The van der Waals surface area contributed by atoms with E-state index in [4.69, 9.17) is 0 Å². The molecule has 168 valence electrons. The molecule has 32 heavy (non-hydrogen) atoms. The van der Waals surface area contributed by atoms with Gasteiger partial charge in [-0.2, -0.15) is 0 Å². The summed E-state index contributed by atoms with van der Waals surface area (Å²) in [6.07, 6.45) is 3.27. The third-order valence-corrected chi connectivity index (χ3v) is 7.13. The second-order valence-electron chi connectivity index (χ2n) is 8.09. The zero-order valence-corrected chi connectivity index (χ0v) is 19.8. The van der Waals surface area contributed by atoms with Crippen LogP contribution in [0.1, 0.15) is 52.4 Å². The van der Waals surface area contributed by atoms with Crippen molar-refractivity contribution in [1.29, 1.82) is 0 Å². The van der Waals surface area contributed by atoms with Crippen molar-refractivity contribution in [1.82, 2.24) is 0 Å². The van der Waals surface area contributed by atoms with Gasteiger partial charge in [-0.3, -0.25) is 9.52 Å². The van der Waals surface area contributed by atoms with Crippen molar-refractivity contribution in [3.05, 3.63) is 88.5 Å². The summed E-state index contributed by atoms with van der Waals surface area (Å²) in [4.78, 5) is 12.9. The fraction of sp³-hybridized carbons (Fsp3) is 0.269. The van der Waals surface area contributed by atoms with Crippen LogP contribution in [-0.2, 0) is 16.4 Å². The highest BCUT2D eigenvalue weighted by Gasteiger charge is 2.20. The van der Waals surface area contributed by atoms with Crippen LogP contribution in [0.15, 0.2) is 65.6 Å². The monoisotopic (exact) mass is 450 g/mol. The van der Waals surface area contributed by atoms with Crippen molar-refractivity contribution in [2.45, 2.75) is 51.9 Å². The van der Waals surface area contributed by atoms with Gasteiger partial charge in [-0.15, -0.1) is 0 Å². The van der Waals surface area contributed by atoms with E-state index < -0.39 is 10.0 Å². The second-order valence-corrected chi connectivity index (χ2v) is 9.74. The summed E-state index contributed by atoms with van der Waals surface area (Å²) in [7, 11) is -3.86. The lowest BCUT2D eigenvalue weighted by Gasteiger charge is -2.14. The Bertz CT molecular complexity index is 1220. The number of carbonyl (C=O) groups excluding carboxylic acids is 1. The Balaban J connectivity index is 1.81. The first-order valence-corrected chi connectivity index (χ1v) is 12.3. The molecule has 3 aromatic carbocycles. The van der Waals surface area contributed by atoms with Crippen LogP contribution in [-0.4, -0.2) is 14.3 Å². The fourth-order valence-electron chi connectivity index (χ4n) is 3.43. The highest BCUT2D eigenvalue weighted by molar-refractivity contribution is 7.92. The number of carbonyl (C=O) groups is 1. The Morgan fingerprint density at radius 3 is 2.31 bits per heavy atom. The molecule has 0 unspecified atom stereocenters. The molecule has 0 atom stereocenters. The quantitative estimate of drug-likeness (QED) is 0.441. The molecule has 3 rings (SSSR count). The first-order valence-electron chi connectivity index (χ1n) is 10.8. The smallest absolute Gasteiger partial charge is 0.262 e. The topological polar surface area (TPSA) is 75.3 Å². The van der Waals surface area contributed by atoms with Crippen molar-refractivity contribution in [3.8, 4) is 0 Å². The summed E-state index contributed by atoms with van der Waals surface area (Å²) in [5.41, 5.74) is 5.15. The van der Waals surface area contributed by atoms with Crippen molar-refractivity contribution < 1.29 is 13.2 Å². The normalized spacial score (nSPS) is 11.2. The first kappa shape index (κ1) is 23.5. The van der Waals surface area contributed by atoms with Crippen LogP contribution in [0, 0.1) is 20.8 Å². The van der Waals surface area contributed by atoms with E-state index in [0.29, 0.717) is 16.9 Å². The maximum Gasteiger partial charge on any atom is 0.262 e. The average Bonchev–Trinajstić information content (AvgIpc) is 2.76. The van der Waals surface area contributed by atoms with Crippen molar-refractivity contribution >= 4 is 27.3 Å². The molecule has 0 radical (unpaired) electrons. The lowest BCUT2D eigenvalue weighted by Crippen LogP contribution is -2.17. The third-order valence-electron chi connectivity index (χ3n) is 5.62. The predicted octanol–water partition coefficient (Wildman–Crippen LogP) is 6.01. The molecule has 5 nitrogen and oxygen atoms in total. The summed E-state index contributed by atoms with van der Waals surface area (Å²) < 4.78 is 28.9. The number of amides is 1. The van der Waals surface area contributed by atoms with Crippen LogP contribution in [0.4, 0.5) is 11.4 Å². The van der Waals surface area contributed by atoms with Gasteiger partial charge >= 0.3 is 0 Å². The number of hydrogen-bond acceptors (Lipinski definition) is 3. The highest BCUT2D eigenvalue weighted by Crippen LogP contribution is 2.25. The number of nitrogens with one attached hydrogen (secondary N) is 2. The number of hydrogen-bond donors (Lipinski definition) is 2. The summed E-state index contributed by atoms with van der Waals surface area (Å²) in [6, 6.07) is 17.9. The minimum atomic E-state index is -3.86. The number of rotatable bonds is 8. The van der Waals surface area contributed by atoms with E-state index in [-0.39, 0.29) is 16.4 Å². The second kappa shape index (κ2) is 10.0. The van der Waals surface area contributed by atoms with E-state index in [1.54, 1.807) is 25.1 Å². The van der Waals surface area contributed by atoms with Crippen LogP contribution in [0.2, 0.25) is 0 Å². The molecule has 0 saturated heterocycles. The van der Waals surface area contributed by atoms with E-state index in [0.717, 1.165) is 30.4 Å². The molecule has 0 aliphatic rings. The predicted molar refractivity (Wildman–Crippen MR) is 131 cm³/mol. The van der Waals surface area contributed by atoms with Gasteiger partial charge in [0.25, 0.3) is 15.9 Å². The van der Waals surface area contributed by atoms with Gasteiger partial charge in [0.05, 0.1) is 10.6 Å². The minimum Gasteiger partial charge on any atom is -0.322 e. The van der Waals surface area contributed by atoms with Crippen LogP contribution in [0.5, 0.6) is 0 Å². The van der Waals surface area contributed by atoms with Gasteiger partial charge in [-0.1, -0.05) is 43.7 Å². The largest absolute Gasteiger partial charge is 0.322 e. The van der Waals surface area contributed by atoms with E-state index in [9.17, 15) is 13.2 Å². The maximum atomic E-state index is 13.1. The van der Waals surface area contributed by atoms with Crippen molar-refractivity contribution in [2.75, 3.05) is 10.0 Å². The van der Waals surface area contributed by atoms with Gasteiger partial charge in [0.15, 0.2) is 0 Å². The maximum absolute atomic E-state index is 13.1. The van der Waals surface area contributed by atoms with Gasteiger partial charge in [0.2, 0.25) is 0 Å². The summed E-state index contributed by atoms with van der Waals surface area (Å²) in [5, 5.41) is 2.85. The Labute approximate surface area is 190 Å². The molecule has 1 amide bonds. The Morgan fingerprint density at radius 2 is 1.62 bits per heavy atom. The Kier molecular flexibility index (Phi) is 7.36. The molecule has 2 N–H and O–H groups in total. The lowest BCUT2D eigenvalue weighted by molar-refractivity contribution is 0.102. The number of benzene rings is 3. The van der Waals surface area contributed by atoms with Gasteiger partial charge < -0.3 is 5.32 Å². The van der Waals surface area contributed by atoms with E-state index in [1.165, 1.54) is 11.6 Å².